The van der Waals surface area contributed by atoms with Crippen LogP contribution in [0.3, 0.4) is 0 Å². The molecule has 5 N–H and O–H groups in total. The molecule has 27 heavy (non-hydrogen) atoms. The van der Waals surface area contributed by atoms with E-state index in [1.807, 2.05) is 0 Å². The van der Waals surface area contributed by atoms with Crippen LogP contribution in [0.1, 0.15) is 110 Å². The molecule has 0 aromatic carbocycles. The SMILES string of the molecule is CCCCCCCCCCCCCCCCCC(=O)O.NCCNCCO. The third kappa shape index (κ3) is 33.4. The van der Waals surface area contributed by atoms with E-state index in [0.29, 0.717) is 19.5 Å². The second-order valence-electron chi connectivity index (χ2n) is 7.36. The Balaban J connectivity index is 0. The molecule has 0 fully saturated rings. The molecule has 0 rings (SSSR count). The maximum Gasteiger partial charge on any atom is 0.303 e. The third-order valence-electron chi connectivity index (χ3n) is 4.60. The van der Waals surface area contributed by atoms with E-state index in [2.05, 4.69) is 12.2 Å². The van der Waals surface area contributed by atoms with E-state index in [0.717, 1.165) is 19.4 Å². The second kappa shape index (κ2) is 27.6. The van der Waals surface area contributed by atoms with Crippen LogP contribution < -0.4 is 11.1 Å². The van der Waals surface area contributed by atoms with Gasteiger partial charge in [0.2, 0.25) is 0 Å². The van der Waals surface area contributed by atoms with Crippen molar-refractivity contribution in [3.63, 3.8) is 0 Å². The molecule has 0 aromatic rings. The molecule has 0 aliphatic heterocycles. The zero-order chi connectivity index (χ0) is 20.4. The van der Waals surface area contributed by atoms with Crippen LogP contribution in [-0.2, 0) is 4.79 Å². The van der Waals surface area contributed by atoms with Crippen LogP contribution >= 0.6 is 0 Å². The summed E-state index contributed by atoms with van der Waals surface area (Å²) in [6.07, 6.45) is 20.2. The smallest absolute Gasteiger partial charge is 0.303 e. The first-order valence-corrected chi connectivity index (χ1v) is 11.4. The Labute approximate surface area is 168 Å². The summed E-state index contributed by atoms with van der Waals surface area (Å²) in [7, 11) is 0. The third-order valence-corrected chi connectivity index (χ3v) is 4.60. The van der Waals surface area contributed by atoms with Crippen LogP contribution in [0.2, 0.25) is 0 Å². The van der Waals surface area contributed by atoms with Gasteiger partial charge in [-0.3, -0.25) is 4.79 Å². The van der Waals surface area contributed by atoms with Gasteiger partial charge in [0, 0.05) is 26.1 Å². The fourth-order valence-electron chi connectivity index (χ4n) is 2.95. The van der Waals surface area contributed by atoms with Crippen LogP contribution in [0, 0.1) is 0 Å². The Morgan fingerprint density at radius 3 is 1.48 bits per heavy atom. The molecule has 0 radical (unpaired) electrons. The van der Waals surface area contributed by atoms with Gasteiger partial charge in [-0.2, -0.15) is 0 Å². The first-order chi connectivity index (χ1) is 13.2. The average molecular weight is 389 g/mol. The van der Waals surface area contributed by atoms with E-state index in [1.54, 1.807) is 0 Å². The first kappa shape index (κ1) is 28.6. The molecule has 0 aliphatic carbocycles. The van der Waals surface area contributed by atoms with Crippen molar-refractivity contribution in [2.45, 2.75) is 110 Å². The number of carboxylic acid groups (broad SMARTS) is 1. The molecule has 0 aliphatic rings. The van der Waals surface area contributed by atoms with Gasteiger partial charge in [0.1, 0.15) is 0 Å². The zero-order valence-electron chi connectivity index (χ0n) is 18.0. The van der Waals surface area contributed by atoms with Crippen molar-refractivity contribution in [2.75, 3.05) is 26.2 Å². The summed E-state index contributed by atoms with van der Waals surface area (Å²) in [5, 5.41) is 19.6. The van der Waals surface area contributed by atoms with Gasteiger partial charge in [0.05, 0.1) is 6.61 Å². The van der Waals surface area contributed by atoms with E-state index < -0.39 is 5.97 Å². The average Bonchev–Trinajstić information content (AvgIpc) is 2.65. The summed E-state index contributed by atoms with van der Waals surface area (Å²) >= 11 is 0. The maximum absolute atomic E-state index is 10.3. The summed E-state index contributed by atoms with van der Waals surface area (Å²) < 4.78 is 0. The number of rotatable bonds is 20. The largest absolute Gasteiger partial charge is 0.481 e. The predicted molar refractivity (Wildman–Crippen MR) is 116 cm³/mol. The van der Waals surface area contributed by atoms with Gasteiger partial charge in [-0.1, -0.05) is 96.8 Å². The molecule has 5 heteroatoms. The minimum atomic E-state index is -0.653. The lowest BCUT2D eigenvalue weighted by atomic mass is 10.0. The van der Waals surface area contributed by atoms with Gasteiger partial charge >= 0.3 is 5.97 Å². The highest BCUT2D eigenvalue weighted by molar-refractivity contribution is 5.66. The van der Waals surface area contributed by atoms with E-state index in [4.69, 9.17) is 15.9 Å². The number of hydrogen-bond acceptors (Lipinski definition) is 4. The van der Waals surface area contributed by atoms with E-state index in [9.17, 15) is 4.79 Å². The number of nitrogens with one attached hydrogen (secondary N) is 1. The Kier molecular flexibility index (Phi) is 29.2. The number of aliphatic hydroxyl groups is 1. The summed E-state index contributed by atoms with van der Waals surface area (Å²) in [6.45, 7) is 4.55. The van der Waals surface area contributed by atoms with E-state index in [-0.39, 0.29) is 6.61 Å². The van der Waals surface area contributed by atoms with Gasteiger partial charge in [0.15, 0.2) is 0 Å². The lowest BCUT2D eigenvalue weighted by molar-refractivity contribution is -0.137. The fourth-order valence-corrected chi connectivity index (χ4v) is 2.95. The highest BCUT2D eigenvalue weighted by atomic mass is 16.4. The van der Waals surface area contributed by atoms with Crippen molar-refractivity contribution >= 4 is 5.97 Å². The Morgan fingerprint density at radius 2 is 1.15 bits per heavy atom. The first-order valence-electron chi connectivity index (χ1n) is 11.4. The topological polar surface area (TPSA) is 95.6 Å². The van der Waals surface area contributed by atoms with Gasteiger partial charge in [-0.15, -0.1) is 0 Å². The Morgan fingerprint density at radius 1 is 0.741 bits per heavy atom. The second-order valence-corrected chi connectivity index (χ2v) is 7.36. The molecule has 0 spiro atoms. The minimum Gasteiger partial charge on any atom is -0.481 e. The zero-order valence-corrected chi connectivity index (χ0v) is 18.0. The molecule has 0 saturated carbocycles. The van der Waals surface area contributed by atoms with Crippen molar-refractivity contribution in [1.29, 1.82) is 0 Å². The van der Waals surface area contributed by atoms with Crippen LogP contribution in [-0.4, -0.2) is 42.4 Å². The molecule has 0 saturated heterocycles. The summed E-state index contributed by atoms with van der Waals surface area (Å²) in [5.74, 6) is -0.653. The maximum atomic E-state index is 10.3. The lowest BCUT2D eigenvalue weighted by Gasteiger charge is -2.03. The van der Waals surface area contributed by atoms with Gasteiger partial charge in [-0.05, 0) is 6.42 Å². The van der Waals surface area contributed by atoms with Crippen molar-refractivity contribution < 1.29 is 15.0 Å². The number of hydrogen-bond donors (Lipinski definition) is 4. The van der Waals surface area contributed by atoms with Crippen molar-refractivity contribution in [1.82, 2.24) is 5.32 Å². The molecule has 0 heterocycles. The van der Waals surface area contributed by atoms with E-state index in [1.165, 1.54) is 83.5 Å². The van der Waals surface area contributed by atoms with E-state index >= 15 is 0 Å². The molecule has 0 atom stereocenters. The number of nitrogens with two attached hydrogens (primary N) is 1. The Hall–Kier alpha value is -0.650. The molecule has 164 valence electrons. The summed E-state index contributed by atoms with van der Waals surface area (Å²) in [5.41, 5.74) is 5.13. The van der Waals surface area contributed by atoms with Gasteiger partial charge in [-0.25, -0.2) is 0 Å². The standard InChI is InChI=1S/C18H36O2.C4H12N2O/c1-2-3-4-5-6-7-8-9-10-11-12-13-14-15-16-17-18(19)20;5-1-2-6-3-4-7/h2-17H2,1H3,(H,19,20);6-7H,1-5H2. The number of aliphatic hydroxyl groups excluding tert-OH is 1. The highest BCUT2D eigenvalue weighted by Crippen LogP contribution is 2.13. The Bertz CT molecular complexity index is 272. The fraction of sp³-hybridized carbons (Fsp3) is 0.955. The highest BCUT2D eigenvalue weighted by Gasteiger charge is 1.97. The number of unbranched alkanes of at least 4 members (excludes halogenated alkanes) is 14. The number of carboxylic acids is 1. The molecular weight excluding hydrogens is 340 g/mol. The predicted octanol–water partition coefficient (Wildman–Crippen LogP) is 4.86. The van der Waals surface area contributed by atoms with Crippen LogP contribution in [0.5, 0.6) is 0 Å². The van der Waals surface area contributed by atoms with Crippen molar-refractivity contribution in [3.05, 3.63) is 0 Å². The van der Waals surface area contributed by atoms with Crippen LogP contribution in [0.15, 0.2) is 0 Å². The molecule has 0 amide bonds. The van der Waals surface area contributed by atoms with Crippen LogP contribution in [0.4, 0.5) is 0 Å². The normalized spacial score (nSPS) is 10.5. The van der Waals surface area contributed by atoms with Crippen LogP contribution in [0.25, 0.3) is 0 Å². The van der Waals surface area contributed by atoms with Gasteiger partial charge in [0.25, 0.3) is 0 Å². The minimum absolute atomic E-state index is 0.194. The molecule has 0 aromatic heterocycles. The van der Waals surface area contributed by atoms with Crippen molar-refractivity contribution in [2.24, 2.45) is 5.73 Å². The van der Waals surface area contributed by atoms with Gasteiger partial charge < -0.3 is 21.3 Å². The lowest BCUT2D eigenvalue weighted by Crippen LogP contribution is -2.24. The monoisotopic (exact) mass is 388 g/mol. The quantitative estimate of drug-likeness (QED) is 0.223. The number of aliphatic carboxylic acids is 1. The number of carbonyl (C=O) groups is 1. The molecular formula is C22H48N2O3. The summed E-state index contributed by atoms with van der Waals surface area (Å²) in [6, 6.07) is 0. The molecule has 0 bridgehead atoms. The molecule has 5 nitrogen and oxygen atoms in total. The molecule has 0 unspecified atom stereocenters. The van der Waals surface area contributed by atoms with Crippen molar-refractivity contribution in [3.8, 4) is 0 Å². The summed E-state index contributed by atoms with van der Waals surface area (Å²) in [4.78, 5) is 10.3.